The molecule has 1 N–H and O–H groups in total. The molecule has 0 radical (unpaired) electrons. The van der Waals surface area contributed by atoms with Gasteiger partial charge in [0, 0.05) is 48.6 Å². The van der Waals surface area contributed by atoms with Crippen molar-refractivity contribution in [1.82, 2.24) is 14.5 Å². The van der Waals surface area contributed by atoms with Crippen molar-refractivity contribution in [2.45, 2.75) is 5.92 Å². The van der Waals surface area contributed by atoms with E-state index in [4.69, 9.17) is 9.73 Å². The van der Waals surface area contributed by atoms with Gasteiger partial charge >= 0.3 is 5.97 Å². The summed E-state index contributed by atoms with van der Waals surface area (Å²) in [6.07, 6.45) is 6.99. The first kappa shape index (κ1) is 21.3. The van der Waals surface area contributed by atoms with Crippen LogP contribution in [0.15, 0.2) is 84.4 Å². The number of carbonyl (C=O) groups excluding carboxylic acids is 2. The first-order valence-corrected chi connectivity index (χ1v) is 10.6. The Bertz CT molecular complexity index is 1410. The topological polar surface area (TPSA) is 98.5 Å². The van der Waals surface area contributed by atoms with E-state index in [1.54, 1.807) is 36.8 Å². The van der Waals surface area contributed by atoms with Gasteiger partial charge in [0.05, 0.1) is 24.1 Å². The second-order valence-electron chi connectivity index (χ2n) is 7.86. The number of aromatic nitrogens is 3. The first-order valence-electron chi connectivity index (χ1n) is 10.6. The van der Waals surface area contributed by atoms with Crippen molar-refractivity contribution in [3.8, 4) is 11.4 Å². The molecule has 0 aliphatic carbocycles. The number of ether oxygens (including phenoxy) is 1. The number of fused-ring (bicyclic) bond motifs is 1. The van der Waals surface area contributed by atoms with Crippen LogP contribution in [0.2, 0.25) is 0 Å². The van der Waals surface area contributed by atoms with Crippen molar-refractivity contribution >= 4 is 29.0 Å². The summed E-state index contributed by atoms with van der Waals surface area (Å²) in [7, 11) is 3.27. The number of amides is 1. The molecule has 8 heteroatoms. The van der Waals surface area contributed by atoms with Crippen molar-refractivity contribution in [3.63, 3.8) is 0 Å². The molecule has 1 aliphatic rings. The van der Waals surface area contributed by atoms with E-state index in [9.17, 15) is 9.59 Å². The zero-order valence-corrected chi connectivity index (χ0v) is 18.6. The Morgan fingerprint density at radius 1 is 1.03 bits per heavy atom. The van der Waals surface area contributed by atoms with E-state index in [1.165, 1.54) is 7.11 Å². The number of aliphatic imine (C=N–C) groups is 1. The van der Waals surface area contributed by atoms with Crippen molar-refractivity contribution in [3.05, 3.63) is 96.1 Å². The molecule has 8 nitrogen and oxygen atoms in total. The van der Waals surface area contributed by atoms with E-state index in [2.05, 4.69) is 15.3 Å². The molecular formula is C26H21N5O3. The molecule has 1 amide bonds. The van der Waals surface area contributed by atoms with E-state index < -0.39 is 11.9 Å². The second kappa shape index (κ2) is 8.74. The van der Waals surface area contributed by atoms with Gasteiger partial charge in [0.25, 0.3) is 0 Å². The summed E-state index contributed by atoms with van der Waals surface area (Å²) in [4.78, 5) is 38.4. The fourth-order valence-corrected chi connectivity index (χ4v) is 4.07. The largest absolute Gasteiger partial charge is 0.465 e. The number of hydrogen-bond acceptors (Lipinski definition) is 6. The summed E-state index contributed by atoms with van der Waals surface area (Å²) in [5.74, 6) is -0.456. The highest BCUT2D eigenvalue weighted by molar-refractivity contribution is 6.24. The monoisotopic (exact) mass is 451 g/mol. The third-order valence-electron chi connectivity index (χ3n) is 5.75. The number of pyridine rings is 1. The molecular weight excluding hydrogens is 430 g/mol. The number of rotatable bonds is 5. The molecule has 34 heavy (non-hydrogen) atoms. The average molecular weight is 451 g/mol. The summed E-state index contributed by atoms with van der Waals surface area (Å²) < 4.78 is 6.75. The number of benzene rings is 2. The van der Waals surface area contributed by atoms with Gasteiger partial charge in [0.2, 0.25) is 5.91 Å². The van der Waals surface area contributed by atoms with Crippen LogP contribution < -0.4 is 5.32 Å². The molecule has 0 bridgehead atoms. The third kappa shape index (κ3) is 3.86. The Morgan fingerprint density at radius 3 is 2.47 bits per heavy atom. The summed E-state index contributed by atoms with van der Waals surface area (Å²) in [5, 5.41) is 2.88. The fourth-order valence-electron chi connectivity index (χ4n) is 4.07. The van der Waals surface area contributed by atoms with Crippen LogP contribution in [0.25, 0.3) is 11.4 Å². The van der Waals surface area contributed by atoms with Crippen LogP contribution in [0, 0.1) is 0 Å². The zero-order valence-electron chi connectivity index (χ0n) is 18.6. The number of esters is 1. The van der Waals surface area contributed by atoms with Crippen LogP contribution in [0.5, 0.6) is 0 Å². The summed E-state index contributed by atoms with van der Waals surface area (Å²) in [6, 6.07) is 16.4. The average Bonchev–Trinajstić information content (AvgIpc) is 3.44. The maximum absolute atomic E-state index is 13.1. The van der Waals surface area contributed by atoms with Gasteiger partial charge in [0.15, 0.2) is 0 Å². The molecule has 2 aromatic carbocycles. The predicted molar refractivity (Wildman–Crippen MR) is 128 cm³/mol. The minimum atomic E-state index is -0.640. The molecule has 2 aromatic heterocycles. The maximum Gasteiger partial charge on any atom is 0.337 e. The number of hydrogen-bond donors (Lipinski definition) is 1. The highest BCUT2D eigenvalue weighted by Crippen LogP contribution is 2.37. The standard InChI is InChI=1S/C26H21N5O3/c1-31-14-13-28-24(31)17-3-6-19(7-4-17)29-23(16-9-11-27-12-10-16)22-20-8-5-18(26(33)34-2)15-21(20)30-25(22)32/h3-15,22H,1-2H3,(H,30,32). The lowest BCUT2D eigenvalue weighted by molar-refractivity contribution is -0.115. The van der Waals surface area contributed by atoms with Crippen LogP contribution in [0.4, 0.5) is 11.4 Å². The molecule has 4 aromatic rings. The normalized spacial score (nSPS) is 15.1. The Kier molecular flexibility index (Phi) is 5.47. The minimum absolute atomic E-state index is 0.211. The molecule has 1 unspecified atom stereocenters. The van der Waals surface area contributed by atoms with E-state index in [0.717, 1.165) is 22.5 Å². The lowest BCUT2D eigenvalue weighted by Crippen LogP contribution is -2.22. The minimum Gasteiger partial charge on any atom is -0.465 e. The van der Waals surface area contributed by atoms with Gasteiger partial charge in [-0.1, -0.05) is 6.07 Å². The maximum atomic E-state index is 13.1. The smallest absolute Gasteiger partial charge is 0.337 e. The molecule has 0 spiro atoms. The summed E-state index contributed by atoms with van der Waals surface area (Å²) in [5.41, 5.74) is 4.74. The number of methoxy groups -OCH3 is 1. The Balaban J connectivity index is 1.57. The lowest BCUT2D eigenvalue weighted by atomic mass is 9.90. The molecule has 168 valence electrons. The molecule has 1 aliphatic heterocycles. The van der Waals surface area contributed by atoms with Crippen LogP contribution >= 0.6 is 0 Å². The van der Waals surface area contributed by atoms with Crippen molar-refractivity contribution in [2.75, 3.05) is 12.4 Å². The number of imidazole rings is 1. The number of nitrogens with one attached hydrogen (secondary N) is 1. The van der Waals surface area contributed by atoms with Gasteiger partial charge in [-0.15, -0.1) is 0 Å². The fraction of sp³-hybridized carbons (Fsp3) is 0.115. The predicted octanol–water partition coefficient (Wildman–Crippen LogP) is 4.13. The van der Waals surface area contributed by atoms with E-state index in [1.807, 2.05) is 54.2 Å². The molecule has 1 atom stereocenters. The van der Waals surface area contributed by atoms with Crippen LogP contribution in [0.1, 0.15) is 27.4 Å². The van der Waals surface area contributed by atoms with Crippen LogP contribution in [0.3, 0.4) is 0 Å². The van der Waals surface area contributed by atoms with Gasteiger partial charge in [-0.3, -0.25) is 14.8 Å². The van der Waals surface area contributed by atoms with Crippen molar-refractivity contribution < 1.29 is 14.3 Å². The Morgan fingerprint density at radius 2 is 1.79 bits per heavy atom. The number of nitrogens with zero attached hydrogens (tertiary/aromatic N) is 4. The van der Waals surface area contributed by atoms with Crippen LogP contribution in [-0.2, 0) is 16.6 Å². The quantitative estimate of drug-likeness (QED) is 0.363. The SMILES string of the molecule is COC(=O)c1ccc2c(c1)NC(=O)C2C(=Nc1ccc(-c2nccn2C)cc1)c1ccncc1. The zero-order chi connectivity index (χ0) is 23.7. The summed E-state index contributed by atoms with van der Waals surface area (Å²) in [6.45, 7) is 0. The van der Waals surface area contributed by atoms with Gasteiger partial charge in [0.1, 0.15) is 11.7 Å². The number of anilines is 1. The third-order valence-corrected chi connectivity index (χ3v) is 5.75. The Hall–Kier alpha value is -4.59. The first-order chi connectivity index (χ1) is 16.5. The van der Waals surface area contributed by atoms with E-state index >= 15 is 0 Å². The molecule has 0 saturated heterocycles. The molecule has 3 heterocycles. The number of carbonyl (C=O) groups is 2. The second-order valence-corrected chi connectivity index (χ2v) is 7.86. The molecule has 0 fully saturated rings. The Labute approximate surface area is 196 Å². The van der Waals surface area contributed by atoms with E-state index in [0.29, 0.717) is 22.6 Å². The van der Waals surface area contributed by atoms with Gasteiger partial charge in [-0.05, 0) is 54.1 Å². The molecule has 5 rings (SSSR count). The van der Waals surface area contributed by atoms with Gasteiger partial charge < -0.3 is 14.6 Å². The van der Waals surface area contributed by atoms with Gasteiger partial charge in [-0.2, -0.15) is 0 Å². The highest BCUT2D eigenvalue weighted by atomic mass is 16.5. The van der Waals surface area contributed by atoms with E-state index in [-0.39, 0.29) is 5.91 Å². The van der Waals surface area contributed by atoms with Crippen LogP contribution in [-0.4, -0.2) is 39.2 Å². The van der Waals surface area contributed by atoms with Crippen molar-refractivity contribution in [2.24, 2.45) is 12.0 Å². The van der Waals surface area contributed by atoms with Crippen molar-refractivity contribution in [1.29, 1.82) is 0 Å². The molecule has 0 saturated carbocycles. The number of aryl methyl sites for hydroxylation is 1. The highest BCUT2D eigenvalue weighted by Gasteiger charge is 2.36. The summed E-state index contributed by atoms with van der Waals surface area (Å²) >= 11 is 0. The lowest BCUT2D eigenvalue weighted by Gasteiger charge is -2.14. The van der Waals surface area contributed by atoms with Gasteiger partial charge in [-0.25, -0.2) is 9.78 Å².